The fraction of sp³-hybridized carbons (Fsp3) is 0.333. The number of rotatable bonds is 5. The highest BCUT2D eigenvalue weighted by atomic mass is 35.5. The van der Waals surface area contributed by atoms with Crippen LogP contribution < -0.4 is 10.1 Å². The van der Waals surface area contributed by atoms with Crippen molar-refractivity contribution < 1.29 is 22.7 Å². The quantitative estimate of drug-likeness (QED) is 0.857. The molecule has 0 fully saturated rings. The molecule has 0 aliphatic heterocycles. The summed E-state index contributed by atoms with van der Waals surface area (Å²) in [6.07, 6.45) is -3.17. The van der Waals surface area contributed by atoms with Gasteiger partial charge in [-0.15, -0.1) is 13.2 Å². The molecule has 0 unspecified atom stereocenters. The highest BCUT2D eigenvalue weighted by Crippen LogP contribution is 2.35. The first-order chi connectivity index (χ1) is 11.2. The number of hydrogen-bond acceptors (Lipinski definition) is 6. The molecule has 0 saturated carbocycles. The number of tetrazole rings is 1. The van der Waals surface area contributed by atoms with Crippen LogP contribution in [0.25, 0.3) is 0 Å². The molecule has 1 heterocycles. The minimum absolute atomic E-state index is 0.0155. The summed E-state index contributed by atoms with van der Waals surface area (Å²) in [7, 11) is 1.51. The first-order valence-electron chi connectivity index (χ1n) is 6.32. The van der Waals surface area contributed by atoms with Gasteiger partial charge >= 0.3 is 6.36 Å². The van der Waals surface area contributed by atoms with Gasteiger partial charge in [0.1, 0.15) is 5.75 Å². The fourth-order valence-corrected chi connectivity index (χ4v) is 2.75. The van der Waals surface area contributed by atoms with E-state index < -0.39 is 18.0 Å². The first kappa shape index (κ1) is 18.3. The lowest BCUT2D eigenvalue weighted by Crippen LogP contribution is -2.20. The lowest BCUT2D eigenvalue weighted by Gasteiger charge is -2.16. The zero-order valence-corrected chi connectivity index (χ0v) is 14.0. The Hall–Kier alpha value is -2.01. The third kappa shape index (κ3) is 4.29. The molecule has 0 bridgehead atoms. The molecule has 2 rings (SSSR count). The van der Waals surface area contributed by atoms with Crippen LogP contribution >= 0.6 is 23.4 Å². The molecular weight excluding hydrogens is 371 g/mol. The summed E-state index contributed by atoms with van der Waals surface area (Å²) in [5.74, 6) is -0.896. The zero-order chi connectivity index (χ0) is 17.9. The molecule has 7 nitrogen and oxygen atoms in total. The average Bonchev–Trinajstić information content (AvgIpc) is 2.86. The van der Waals surface area contributed by atoms with Crippen LogP contribution in [0.5, 0.6) is 5.75 Å². The summed E-state index contributed by atoms with van der Waals surface area (Å²) in [5, 5.41) is 12.8. The molecule has 0 spiro atoms. The number of aryl methyl sites for hydroxylation is 1. The number of ether oxygens (including phenoxy) is 1. The number of carbonyl (C=O) groups excluding carboxylic acids is 1. The Morgan fingerprint density at radius 3 is 2.71 bits per heavy atom. The number of halogens is 4. The first-order valence-corrected chi connectivity index (χ1v) is 8.10. The Kier molecular flexibility index (Phi) is 5.54. The predicted molar refractivity (Wildman–Crippen MR) is 82.1 cm³/mol. The number of nitrogens with zero attached hydrogens (tertiary/aromatic N) is 4. The van der Waals surface area contributed by atoms with Gasteiger partial charge in [0.25, 0.3) is 5.91 Å². The molecule has 1 aromatic heterocycles. The molecule has 1 aromatic carbocycles. The van der Waals surface area contributed by atoms with Crippen molar-refractivity contribution in [1.82, 2.24) is 20.2 Å². The van der Waals surface area contributed by atoms with Gasteiger partial charge in [-0.25, -0.2) is 4.68 Å². The Bertz CT molecular complexity index is 753. The third-order valence-corrected chi connectivity index (χ3v) is 3.81. The van der Waals surface area contributed by atoms with Crippen LogP contribution in [0.4, 0.5) is 19.1 Å². The van der Waals surface area contributed by atoms with Crippen molar-refractivity contribution >= 4 is 35.2 Å². The molecule has 130 valence electrons. The highest BCUT2D eigenvalue weighted by molar-refractivity contribution is 7.97. The van der Waals surface area contributed by atoms with Gasteiger partial charge in [0.15, 0.2) is 0 Å². The van der Waals surface area contributed by atoms with Crippen LogP contribution in [0, 0.1) is 0 Å². The Balaban J connectivity index is 2.35. The summed E-state index contributed by atoms with van der Waals surface area (Å²) in [5.41, 5.74) is 0.0588. The zero-order valence-electron chi connectivity index (χ0n) is 12.4. The molecule has 12 heteroatoms. The van der Waals surface area contributed by atoms with E-state index in [0.29, 0.717) is 0 Å². The Morgan fingerprint density at radius 1 is 1.46 bits per heavy atom. The minimum Gasteiger partial charge on any atom is -0.405 e. The second-order valence-corrected chi connectivity index (χ2v) is 5.71. The standard InChI is InChI=1S/C12H11ClF3N5O2S/c1-21-11(18-19-20-21)17-10(22)6-3-4-8(23-12(14,15)16)7(5-24-2)9(6)13/h3-4H,5H2,1-2H3,(H,17,18,20,22). The summed E-state index contributed by atoms with van der Waals surface area (Å²) >= 11 is 7.35. The molecular formula is C12H11ClF3N5O2S. The average molecular weight is 382 g/mol. The monoisotopic (exact) mass is 381 g/mol. The van der Waals surface area contributed by atoms with Crippen molar-refractivity contribution in [1.29, 1.82) is 0 Å². The molecule has 1 N–H and O–H groups in total. The summed E-state index contributed by atoms with van der Waals surface area (Å²) < 4.78 is 42.6. The van der Waals surface area contributed by atoms with Crippen LogP contribution in [0.3, 0.4) is 0 Å². The van der Waals surface area contributed by atoms with E-state index in [4.69, 9.17) is 11.6 Å². The number of alkyl halides is 3. The fourth-order valence-electron chi connectivity index (χ4n) is 1.78. The maximum atomic E-state index is 12.5. The van der Waals surface area contributed by atoms with Gasteiger partial charge in [0, 0.05) is 18.4 Å². The van der Waals surface area contributed by atoms with E-state index in [1.165, 1.54) is 23.5 Å². The number of amides is 1. The number of benzene rings is 1. The van der Waals surface area contributed by atoms with Gasteiger partial charge < -0.3 is 4.74 Å². The number of anilines is 1. The SMILES string of the molecule is CSCc1c(OC(F)(F)F)ccc(C(=O)Nc2nnnn2C)c1Cl. The molecule has 1 amide bonds. The molecule has 0 atom stereocenters. The van der Waals surface area contributed by atoms with Gasteiger partial charge in [-0.2, -0.15) is 11.8 Å². The van der Waals surface area contributed by atoms with Crippen LogP contribution in [-0.4, -0.2) is 38.7 Å². The molecule has 2 aromatic rings. The predicted octanol–water partition coefficient (Wildman–Crippen LogP) is 2.88. The number of thioether (sulfide) groups is 1. The maximum Gasteiger partial charge on any atom is 0.573 e. The smallest absolute Gasteiger partial charge is 0.405 e. The van der Waals surface area contributed by atoms with Crippen LogP contribution in [0.2, 0.25) is 5.02 Å². The van der Waals surface area contributed by atoms with Crippen molar-refractivity contribution in [3.63, 3.8) is 0 Å². The van der Waals surface area contributed by atoms with E-state index in [0.717, 1.165) is 12.1 Å². The summed E-state index contributed by atoms with van der Waals surface area (Å²) in [6.45, 7) is 0. The number of aromatic nitrogens is 4. The molecule has 24 heavy (non-hydrogen) atoms. The lowest BCUT2D eigenvalue weighted by molar-refractivity contribution is -0.274. The van der Waals surface area contributed by atoms with Gasteiger partial charge in [-0.05, 0) is 28.8 Å². The van der Waals surface area contributed by atoms with Gasteiger partial charge in [-0.3, -0.25) is 10.1 Å². The van der Waals surface area contributed by atoms with Crippen LogP contribution in [0.15, 0.2) is 12.1 Å². The highest BCUT2D eigenvalue weighted by Gasteiger charge is 2.33. The van der Waals surface area contributed by atoms with E-state index in [-0.39, 0.29) is 27.9 Å². The number of nitrogens with one attached hydrogen (secondary N) is 1. The lowest BCUT2D eigenvalue weighted by atomic mass is 10.1. The Labute approximate surface area is 143 Å². The molecule has 0 radical (unpaired) electrons. The van der Waals surface area contributed by atoms with E-state index in [2.05, 4.69) is 25.6 Å². The van der Waals surface area contributed by atoms with Gasteiger partial charge in [-0.1, -0.05) is 16.7 Å². The van der Waals surface area contributed by atoms with E-state index in [1.54, 1.807) is 6.26 Å². The third-order valence-electron chi connectivity index (χ3n) is 2.80. The summed E-state index contributed by atoms with van der Waals surface area (Å²) in [6, 6.07) is 2.20. The van der Waals surface area contributed by atoms with E-state index in [9.17, 15) is 18.0 Å². The van der Waals surface area contributed by atoms with Crippen LogP contribution in [-0.2, 0) is 12.8 Å². The topological polar surface area (TPSA) is 81.9 Å². The van der Waals surface area contributed by atoms with Crippen LogP contribution in [0.1, 0.15) is 15.9 Å². The normalized spacial score (nSPS) is 11.4. The van der Waals surface area contributed by atoms with Crippen molar-refractivity contribution in [2.24, 2.45) is 7.05 Å². The van der Waals surface area contributed by atoms with Crippen molar-refractivity contribution in [2.75, 3.05) is 11.6 Å². The minimum atomic E-state index is -4.86. The molecule has 0 aliphatic rings. The van der Waals surface area contributed by atoms with Crippen molar-refractivity contribution in [3.05, 3.63) is 28.3 Å². The van der Waals surface area contributed by atoms with E-state index >= 15 is 0 Å². The van der Waals surface area contributed by atoms with Gasteiger partial charge in [0.2, 0.25) is 5.95 Å². The summed E-state index contributed by atoms with van der Waals surface area (Å²) in [4.78, 5) is 12.3. The Morgan fingerprint density at radius 2 is 2.17 bits per heavy atom. The second-order valence-electron chi connectivity index (χ2n) is 4.46. The largest absolute Gasteiger partial charge is 0.573 e. The second kappa shape index (κ2) is 7.26. The maximum absolute atomic E-state index is 12.5. The van der Waals surface area contributed by atoms with Crippen molar-refractivity contribution in [2.45, 2.75) is 12.1 Å². The number of carbonyl (C=O) groups is 1. The van der Waals surface area contributed by atoms with E-state index in [1.807, 2.05) is 0 Å². The number of hydrogen-bond donors (Lipinski definition) is 1. The van der Waals surface area contributed by atoms with Crippen molar-refractivity contribution in [3.8, 4) is 5.75 Å². The van der Waals surface area contributed by atoms with Gasteiger partial charge in [0.05, 0.1) is 10.6 Å². The molecule has 0 saturated heterocycles. The molecule has 0 aliphatic carbocycles.